The van der Waals surface area contributed by atoms with Gasteiger partial charge < -0.3 is 20.5 Å². The Morgan fingerprint density at radius 1 is 1.15 bits per heavy atom. The van der Waals surface area contributed by atoms with Crippen molar-refractivity contribution in [2.45, 2.75) is 31.3 Å². The normalized spacial score (nSPS) is 18.9. The first-order valence-corrected chi connectivity index (χ1v) is 8.97. The van der Waals surface area contributed by atoms with E-state index in [0.717, 1.165) is 29.9 Å². The summed E-state index contributed by atoms with van der Waals surface area (Å²) in [6.07, 6.45) is 2.45. The molecule has 2 atom stereocenters. The number of hydrazine groups is 1. The molecule has 1 heterocycles. The number of anilines is 2. The van der Waals surface area contributed by atoms with Crippen molar-refractivity contribution in [3.8, 4) is 11.5 Å². The number of hydrogen-bond acceptors (Lipinski definition) is 6. The van der Waals surface area contributed by atoms with Crippen molar-refractivity contribution < 1.29 is 14.3 Å². The number of nitrogen functional groups attached to an aromatic ring is 1. The molecule has 144 valence electrons. The minimum absolute atomic E-state index is 0.0917. The van der Waals surface area contributed by atoms with Crippen LogP contribution in [0.1, 0.15) is 18.4 Å². The van der Waals surface area contributed by atoms with E-state index in [0.29, 0.717) is 17.8 Å². The maximum absolute atomic E-state index is 12.5. The Morgan fingerprint density at radius 2 is 1.85 bits per heavy atom. The van der Waals surface area contributed by atoms with Crippen LogP contribution in [0.5, 0.6) is 11.5 Å². The molecule has 0 bridgehead atoms. The molecule has 1 saturated heterocycles. The van der Waals surface area contributed by atoms with E-state index in [2.05, 4.69) is 16.2 Å². The van der Waals surface area contributed by atoms with Crippen LogP contribution in [0.25, 0.3) is 0 Å². The molecule has 7 heteroatoms. The number of aryl methyl sites for hydroxylation is 1. The van der Waals surface area contributed by atoms with Gasteiger partial charge in [-0.05, 0) is 49.1 Å². The van der Waals surface area contributed by atoms with Gasteiger partial charge in [-0.1, -0.05) is 12.1 Å². The average molecular weight is 370 g/mol. The predicted octanol–water partition coefficient (Wildman–Crippen LogP) is 2.09. The highest BCUT2D eigenvalue weighted by Crippen LogP contribution is 2.24. The molecule has 1 fully saturated rings. The zero-order valence-corrected chi connectivity index (χ0v) is 15.6. The van der Waals surface area contributed by atoms with Gasteiger partial charge in [0, 0.05) is 12.1 Å². The third-order valence-electron chi connectivity index (χ3n) is 4.71. The first-order valence-electron chi connectivity index (χ1n) is 8.97. The van der Waals surface area contributed by atoms with Gasteiger partial charge in [0.25, 0.3) is 0 Å². The SMILES string of the molecule is COc1cc(CCC2CC(C(=O)Nc3ccccc3N)NN2)cc(OC)c1. The summed E-state index contributed by atoms with van der Waals surface area (Å²) in [5.41, 5.74) is 14.5. The topological polar surface area (TPSA) is 97.6 Å². The number of benzene rings is 2. The van der Waals surface area contributed by atoms with E-state index in [-0.39, 0.29) is 18.0 Å². The molecule has 1 aliphatic rings. The van der Waals surface area contributed by atoms with Gasteiger partial charge in [-0.2, -0.15) is 0 Å². The summed E-state index contributed by atoms with van der Waals surface area (Å²) in [6, 6.07) is 13.0. The second-order valence-corrected chi connectivity index (χ2v) is 6.61. The number of nitrogens with one attached hydrogen (secondary N) is 3. The fourth-order valence-electron chi connectivity index (χ4n) is 3.17. The van der Waals surface area contributed by atoms with Crippen LogP contribution < -0.4 is 31.4 Å². The summed E-state index contributed by atoms with van der Waals surface area (Å²) in [6.45, 7) is 0. The third-order valence-corrected chi connectivity index (χ3v) is 4.71. The van der Waals surface area contributed by atoms with E-state index in [1.807, 2.05) is 30.3 Å². The lowest BCUT2D eigenvalue weighted by Crippen LogP contribution is -2.40. The lowest BCUT2D eigenvalue weighted by molar-refractivity contribution is -0.117. The average Bonchev–Trinajstić information content (AvgIpc) is 3.17. The minimum atomic E-state index is -0.297. The number of amides is 1. The Balaban J connectivity index is 1.52. The Labute approximate surface area is 159 Å². The summed E-state index contributed by atoms with van der Waals surface area (Å²) < 4.78 is 10.6. The highest BCUT2D eigenvalue weighted by molar-refractivity contribution is 5.97. The second kappa shape index (κ2) is 8.75. The largest absolute Gasteiger partial charge is 0.497 e. The molecule has 0 aromatic heterocycles. The minimum Gasteiger partial charge on any atom is -0.497 e. The molecule has 2 unspecified atom stereocenters. The zero-order chi connectivity index (χ0) is 19.2. The standard InChI is InChI=1S/C20H26N4O3/c1-26-15-9-13(10-16(12-15)27-2)7-8-14-11-19(24-23-14)20(25)22-18-6-4-3-5-17(18)21/h3-6,9-10,12,14,19,23-24H,7-8,11,21H2,1-2H3,(H,22,25). The summed E-state index contributed by atoms with van der Waals surface area (Å²) in [5, 5.41) is 2.88. The summed E-state index contributed by atoms with van der Waals surface area (Å²) in [5.74, 6) is 1.46. The van der Waals surface area contributed by atoms with E-state index in [4.69, 9.17) is 15.2 Å². The van der Waals surface area contributed by atoms with Gasteiger partial charge >= 0.3 is 0 Å². The molecule has 1 amide bonds. The van der Waals surface area contributed by atoms with Crippen molar-refractivity contribution in [1.29, 1.82) is 0 Å². The van der Waals surface area contributed by atoms with Gasteiger partial charge in [0.1, 0.15) is 17.5 Å². The first-order chi connectivity index (χ1) is 13.1. The first kappa shape index (κ1) is 19.0. The van der Waals surface area contributed by atoms with Crippen molar-refractivity contribution in [1.82, 2.24) is 10.9 Å². The summed E-state index contributed by atoms with van der Waals surface area (Å²) in [7, 11) is 3.29. The predicted molar refractivity (Wildman–Crippen MR) is 106 cm³/mol. The fraction of sp³-hybridized carbons (Fsp3) is 0.350. The number of ether oxygens (including phenoxy) is 2. The van der Waals surface area contributed by atoms with E-state index in [9.17, 15) is 4.79 Å². The monoisotopic (exact) mass is 370 g/mol. The number of para-hydroxylation sites is 2. The van der Waals surface area contributed by atoms with Crippen LogP contribution >= 0.6 is 0 Å². The second-order valence-electron chi connectivity index (χ2n) is 6.61. The molecule has 27 heavy (non-hydrogen) atoms. The Bertz CT molecular complexity index is 774. The quantitative estimate of drug-likeness (QED) is 0.557. The molecule has 0 aliphatic carbocycles. The molecule has 3 rings (SSSR count). The highest BCUT2D eigenvalue weighted by atomic mass is 16.5. The lowest BCUT2D eigenvalue weighted by Gasteiger charge is -2.12. The molecule has 5 N–H and O–H groups in total. The van der Waals surface area contributed by atoms with Crippen molar-refractivity contribution >= 4 is 17.3 Å². The molecular formula is C20H26N4O3. The third kappa shape index (κ3) is 4.90. The maximum atomic E-state index is 12.5. The van der Waals surface area contributed by atoms with E-state index in [1.54, 1.807) is 26.4 Å². The van der Waals surface area contributed by atoms with Crippen LogP contribution in [0.2, 0.25) is 0 Å². The molecular weight excluding hydrogens is 344 g/mol. The fourth-order valence-corrected chi connectivity index (χ4v) is 3.17. The van der Waals surface area contributed by atoms with E-state index >= 15 is 0 Å². The van der Waals surface area contributed by atoms with Crippen molar-refractivity contribution in [3.05, 3.63) is 48.0 Å². The molecule has 0 spiro atoms. The van der Waals surface area contributed by atoms with Gasteiger partial charge in [-0.3, -0.25) is 10.2 Å². The number of carbonyl (C=O) groups is 1. The zero-order valence-electron chi connectivity index (χ0n) is 15.6. The molecule has 0 saturated carbocycles. The van der Waals surface area contributed by atoms with Gasteiger partial charge in [0.2, 0.25) is 5.91 Å². The smallest absolute Gasteiger partial charge is 0.242 e. The van der Waals surface area contributed by atoms with Crippen LogP contribution in [-0.2, 0) is 11.2 Å². The van der Waals surface area contributed by atoms with Crippen LogP contribution in [0.4, 0.5) is 11.4 Å². The molecule has 7 nitrogen and oxygen atoms in total. The van der Waals surface area contributed by atoms with E-state index < -0.39 is 0 Å². The summed E-state index contributed by atoms with van der Waals surface area (Å²) in [4.78, 5) is 12.5. The highest BCUT2D eigenvalue weighted by Gasteiger charge is 2.29. The van der Waals surface area contributed by atoms with Gasteiger partial charge in [0.05, 0.1) is 25.6 Å². The van der Waals surface area contributed by atoms with Crippen molar-refractivity contribution in [2.24, 2.45) is 0 Å². The van der Waals surface area contributed by atoms with Crippen LogP contribution in [-0.4, -0.2) is 32.2 Å². The number of methoxy groups -OCH3 is 2. The van der Waals surface area contributed by atoms with Gasteiger partial charge in [-0.25, -0.2) is 5.43 Å². The molecule has 2 aromatic carbocycles. The maximum Gasteiger partial charge on any atom is 0.242 e. The van der Waals surface area contributed by atoms with Crippen molar-refractivity contribution in [2.75, 3.05) is 25.3 Å². The Kier molecular flexibility index (Phi) is 6.16. The lowest BCUT2D eigenvalue weighted by atomic mass is 10.0. The van der Waals surface area contributed by atoms with Crippen molar-refractivity contribution in [3.63, 3.8) is 0 Å². The van der Waals surface area contributed by atoms with E-state index in [1.165, 1.54) is 0 Å². The molecule has 1 aliphatic heterocycles. The van der Waals surface area contributed by atoms with Crippen LogP contribution in [0.3, 0.4) is 0 Å². The van der Waals surface area contributed by atoms with Crippen LogP contribution in [0.15, 0.2) is 42.5 Å². The number of nitrogens with two attached hydrogens (primary N) is 1. The summed E-state index contributed by atoms with van der Waals surface area (Å²) >= 11 is 0. The number of carbonyl (C=O) groups excluding carboxylic acids is 1. The van der Waals surface area contributed by atoms with Gasteiger partial charge in [-0.15, -0.1) is 0 Å². The van der Waals surface area contributed by atoms with Gasteiger partial charge in [0.15, 0.2) is 0 Å². The molecule has 2 aromatic rings. The number of hydrogen-bond donors (Lipinski definition) is 4. The van der Waals surface area contributed by atoms with Crippen LogP contribution in [0, 0.1) is 0 Å². The molecule has 0 radical (unpaired) electrons. The number of rotatable bonds is 7. The Hall–Kier alpha value is -2.77. The Morgan fingerprint density at radius 3 is 2.52 bits per heavy atom.